The predicted molar refractivity (Wildman–Crippen MR) is 150 cm³/mol. The number of amides is 4. The van der Waals surface area contributed by atoms with E-state index in [2.05, 4.69) is 33.9 Å². The molecule has 4 atom stereocenters. The van der Waals surface area contributed by atoms with E-state index in [1.165, 1.54) is 0 Å². The van der Waals surface area contributed by atoms with Crippen molar-refractivity contribution in [2.45, 2.75) is 62.7 Å². The van der Waals surface area contributed by atoms with E-state index >= 15 is 0 Å². The first-order valence-corrected chi connectivity index (χ1v) is 13.5. The van der Waals surface area contributed by atoms with Crippen molar-refractivity contribution >= 4 is 42.2 Å². The smallest absolute Gasteiger partial charge is 0.480 e. The molecule has 0 saturated carbocycles. The zero-order valence-corrected chi connectivity index (χ0v) is 25.1. The molecule has 0 heterocycles. The van der Waals surface area contributed by atoms with E-state index in [1.54, 1.807) is 30.3 Å². The van der Waals surface area contributed by atoms with Crippen LogP contribution in [0.3, 0.4) is 0 Å². The summed E-state index contributed by atoms with van der Waals surface area (Å²) in [6, 6.07) is 3.92. The van der Waals surface area contributed by atoms with Gasteiger partial charge in [-0.25, -0.2) is 4.79 Å². The van der Waals surface area contributed by atoms with Gasteiger partial charge in [0.1, 0.15) is 24.2 Å². The molecule has 15 heteroatoms. The van der Waals surface area contributed by atoms with Crippen molar-refractivity contribution in [2.24, 2.45) is 17.2 Å². The molecule has 0 aromatic heterocycles. The summed E-state index contributed by atoms with van der Waals surface area (Å²) >= 11 is 4.12. The SMILES string of the molecule is NCCCC[C@H](NC(=O)[C@H](CS)NC(=O)[C@H](CCCCN)NC(=O)[C@@H](N)CNC(=O)c1ccccc1)C(=O)O.[99Tc+4]. The van der Waals surface area contributed by atoms with E-state index < -0.39 is 53.8 Å². The number of nitrogens with two attached hydrogens (primary N) is 3. The maximum Gasteiger partial charge on any atom is 4.00 e. The number of nitrogens with one attached hydrogen (secondary N) is 4. The third-order valence-electron chi connectivity index (χ3n) is 5.81. The van der Waals surface area contributed by atoms with Crippen molar-refractivity contribution in [1.29, 1.82) is 0 Å². The molecule has 13 nitrogen and oxygen atoms in total. The number of carbonyl (C=O) groups is 5. The number of carbonyl (C=O) groups excluding carboxylic acids is 4. The molecule has 221 valence electrons. The second-order valence-electron chi connectivity index (χ2n) is 8.96. The second kappa shape index (κ2) is 21.2. The third kappa shape index (κ3) is 14.2. The van der Waals surface area contributed by atoms with E-state index in [0.717, 1.165) is 0 Å². The zero-order chi connectivity index (χ0) is 29.2. The summed E-state index contributed by atoms with van der Waals surface area (Å²) in [5, 5.41) is 19.5. The molecule has 40 heavy (non-hydrogen) atoms. The van der Waals surface area contributed by atoms with Gasteiger partial charge in [-0.15, -0.1) is 0 Å². The quantitative estimate of drug-likeness (QED) is 0.0615. The molecule has 0 saturated heterocycles. The molecule has 1 aromatic carbocycles. The number of rotatable bonds is 19. The summed E-state index contributed by atoms with van der Waals surface area (Å²) in [7, 11) is 0. The molecule has 0 fully saturated rings. The predicted octanol–water partition coefficient (Wildman–Crippen LogP) is -1.53. The Balaban J connectivity index is 0.0000152. The standard InChI is InChI=1S/C25H41N7O6S.Tc/c26-12-6-4-10-18(30-22(34)17(28)14-29-21(33)16-8-2-1-3-9-16)23(35)32-20(15-39)24(36)31-19(25(37)38)11-5-7-13-27;/h1-3,8-9,17-20,39H,4-7,10-15,26-28H2,(H,29,33)(H,30,34)(H,31,36)(H,32,35)(H,37,38);/q;+4/t17-,18-,19-,20-;/m0./s1/i;1+1. The van der Waals surface area contributed by atoms with Gasteiger partial charge in [-0.2, -0.15) is 12.6 Å². The van der Waals surface area contributed by atoms with Crippen molar-refractivity contribution in [2.75, 3.05) is 25.4 Å². The first-order valence-electron chi connectivity index (χ1n) is 12.9. The van der Waals surface area contributed by atoms with Crippen LogP contribution in [-0.2, 0) is 39.3 Å². The third-order valence-corrected chi connectivity index (χ3v) is 6.18. The van der Waals surface area contributed by atoms with E-state index in [1.807, 2.05) is 0 Å². The minimum atomic E-state index is -1.20. The number of aliphatic carboxylic acids is 1. The minimum absolute atomic E-state index is 0. The van der Waals surface area contributed by atoms with Gasteiger partial charge in [0.05, 0.1) is 0 Å². The largest absolute Gasteiger partial charge is 4.00 e. The zero-order valence-electron chi connectivity index (χ0n) is 22.3. The van der Waals surface area contributed by atoms with Crippen LogP contribution in [0.5, 0.6) is 0 Å². The summed E-state index contributed by atoms with van der Waals surface area (Å²) < 4.78 is 0. The maximum atomic E-state index is 13.0. The van der Waals surface area contributed by atoms with Gasteiger partial charge in [-0.05, 0) is 63.7 Å². The fourth-order valence-electron chi connectivity index (χ4n) is 3.52. The first kappa shape index (κ1) is 37.4. The number of thiol groups is 1. The molecule has 0 bridgehead atoms. The molecule has 1 aromatic rings. The van der Waals surface area contributed by atoms with Crippen LogP contribution in [-0.4, -0.2) is 84.3 Å². The van der Waals surface area contributed by atoms with Crippen LogP contribution in [0.4, 0.5) is 0 Å². The van der Waals surface area contributed by atoms with Crippen LogP contribution in [0.25, 0.3) is 0 Å². The molecule has 0 aliphatic heterocycles. The summed E-state index contributed by atoms with van der Waals surface area (Å²) in [6.45, 7) is 0.616. The van der Waals surface area contributed by atoms with Gasteiger partial charge < -0.3 is 43.6 Å². The minimum Gasteiger partial charge on any atom is -0.480 e. The summed E-state index contributed by atoms with van der Waals surface area (Å²) in [4.78, 5) is 62.2. The molecular weight excluding hydrogens is 625 g/mol. The number of carboxylic acids is 1. The van der Waals surface area contributed by atoms with Crippen LogP contribution < -0.4 is 38.5 Å². The Morgan fingerprint density at radius 3 is 1.80 bits per heavy atom. The number of benzene rings is 1. The number of hydrogen-bond donors (Lipinski definition) is 9. The summed E-state index contributed by atoms with van der Waals surface area (Å²) in [6.07, 6.45) is 2.62. The number of unbranched alkanes of at least 4 members (excludes halogenated alkanes) is 2. The molecule has 0 aliphatic rings. The average molecular weight is 667 g/mol. The van der Waals surface area contributed by atoms with Gasteiger partial charge in [-0.1, -0.05) is 18.2 Å². The average Bonchev–Trinajstić information content (AvgIpc) is 2.93. The molecule has 0 unspecified atom stereocenters. The van der Waals surface area contributed by atoms with Crippen molar-refractivity contribution in [3.8, 4) is 0 Å². The summed E-state index contributed by atoms with van der Waals surface area (Å²) in [5.74, 6) is -3.77. The monoisotopic (exact) mass is 666 g/mol. The fraction of sp³-hybridized carbons (Fsp3) is 0.560. The Morgan fingerprint density at radius 2 is 1.27 bits per heavy atom. The maximum absolute atomic E-state index is 13.0. The Labute approximate surface area is 253 Å². The topological polar surface area (TPSA) is 232 Å². The molecule has 1 radical (unpaired) electrons. The van der Waals surface area contributed by atoms with Crippen LogP contribution in [0.15, 0.2) is 30.3 Å². The molecular formula is C25H41N7O6STc+4. The van der Waals surface area contributed by atoms with Crippen LogP contribution in [0.2, 0.25) is 0 Å². The Hall–Kier alpha value is -2.55. The Morgan fingerprint density at radius 1 is 0.775 bits per heavy atom. The van der Waals surface area contributed by atoms with Gasteiger partial charge in [-0.3, -0.25) is 19.2 Å². The number of carboxylic acid groups (broad SMARTS) is 1. The van der Waals surface area contributed by atoms with Gasteiger partial charge in [0, 0.05) is 17.9 Å². The fourth-order valence-corrected chi connectivity index (χ4v) is 3.77. The van der Waals surface area contributed by atoms with Gasteiger partial charge in [0.25, 0.3) is 5.91 Å². The van der Waals surface area contributed by atoms with E-state index in [4.69, 9.17) is 17.2 Å². The van der Waals surface area contributed by atoms with Crippen molar-refractivity contribution in [1.82, 2.24) is 21.3 Å². The summed E-state index contributed by atoms with van der Waals surface area (Å²) in [5.41, 5.74) is 17.3. The van der Waals surface area contributed by atoms with Crippen molar-refractivity contribution < 1.29 is 49.2 Å². The van der Waals surface area contributed by atoms with Gasteiger partial charge in [0.2, 0.25) is 17.7 Å². The van der Waals surface area contributed by atoms with Crippen molar-refractivity contribution in [3.05, 3.63) is 35.9 Å². The molecule has 11 N–H and O–H groups in total. The van der Waals surface area contributed by atoms with Crippen LogP contribution in [0.1, 0.15) is 48.9 Å². The first-order chi connectivity index (χ1) is 18.6. The van der Waals surface area contributed by atoms with E-state index in [9.17, 15) is 29.1 Å². The Bertz CT molecular complexity index is 943. The van der Waals surface area contributed by atoms with Crippen LogP contribution in [0, 0.1) is 0 Å². The Kier molecular flexibility index (Phi) is 19.9. The number of hydrogen-bond acceptors (Lipinski definition) is 9. The van der Waals surface area contributed by atoms with Crippen molar-refractivity contribution in [3.63, 3.8) is 0 Å². The van der Waals surface area contributed by atoms with Crippen LogP contribution >= 0.6 is 12.6 Å². The molecule has 0 spiro atoms. The molecule has 1 rings (SSSR count). The second-order valence-corrected chi connectivity index (χ2v) is 9.32. The van der Waals surface area contributed by atoms with Gasteiger partial charge in [0.15, 0.2) is 0 Å². The van der Waals surface area contributed by atoms with E-state index in [-0.39, 0.29) is 45.2 Å². The van der Waals surface area contributed by atoms with E-state index in [0.29, 0.717) is 44.3 Å². The molecule has 4 amide bonds. The molecule has 0 aliphatic carbocycles. The normalized spacial score (nSPS) is 13.5. The van der Waals surface area contributed by atoms with Gasteiger partial charge >= 0.3 is 26.1 Å².